The highest BCUT2D eigenvalue weighted by molar-refractivity contribution is 9.10. The Morgan fingerprint density at radius 3 is 2.85 bits per heavy atom. The van der Waals surface area contributed by atoms with Crippen LogP contribution in [0, 0.1) is 0 Å². The van der Waals surface area contributed by atoms with Gasteiger partial charge in [0.15, 0.2) is 0 Å². The summed E-state index contributed by atoms with van der Waals surface area (Å²) in [5.41, 5.74) is 0.0549. The standard InChI is InChI=1S/C11H16BrN3O4S/c1-7(6-20(3)18)14-8-4-13-15(5-9(16)19-2)11(17)10(8)12/h4,7,14H,5-6H2,1-3H3. The summed E-state index contributed by atoms with van der Waals surface area (Å²) in [4.78, 5) is 23.1. The zero-order valence-electron chi connectivity index (χ0n) is 11.4. The van der Waals surface area contributed by atoms with E-state index in [1.165, 1.54) is 13.3 Å². The first-order chi connectivity index (χ1) is 9.35. The number of halogens is 1. The minimum atomic E-state index is -0.937. The Morgan fingerprint density at radius 2 is 2.30 bits per heavy atom. The van der Waals surface area contributed by atoms with E-state index < -0.39 is 22.3 Å². The number of nitrogens with zero attached hydrogens (tertiary/aromatic N) is 2. The highest BCUT2D eigenvalue weighted by Crippen LogP contribution is 2.17. The molecular weight excluding hydrogens is 350 g/mol. The van der Waals surface area contributed by atoms with Crippen LogP contribution in [0.3, 0.4) is 0 Å². The molecule has 2 unspecified atom stereocenters. The summed E-state index contributed by atoms with van der Waals surface area (Å²) in [6, 6.07) is -0.0743. The van der Waals surface area contributed by atoms with Gasteiger partial charge in [-0.05, 0) is 22.9 Å². The smallest absolute Gasteiger partial charge is 0.327 e. The number of anilines is 1. The summed E-state index contributed by atoms with van der Waals surface area (Å²) in [5.74, 6) is -0.0977. The van der Waals surface area contributed by atoms with Crippen LogP contribution in [0.15, 0.2) is 15.5 Å². The van der Waals surface area contributed by atoms with Crippen LogP contribution in [0.25, 0.3) is 0 Å². The minimum absolute atomic E-state index is 0.0743. The van der Waals surface area contributed by atoms with Crippen molar-refractivity contribution >= 4 is 38.4 Å². The van der Waals surface area contributed by atoms with Crippen molar-refractivity contribution < 1.29 is 13.7 Å². The molecule has 1 aromatic heterocycles. The fourth-order valence-corrected chi connectivity index (χ4v) is 2.73. The second-order valence-electron chi connectivity index (χ2n) is 4.20. The first-order valence-electron chi connectivity index (χ1n) is 5.74. The molecule has 0 aliphatic rings. The lowest BCUT2D eigenvalue weighted by molar-refractivity contribution is -0.141. The zero-order valence-corrected chi connectivity index (χ0v) is 13.8. The molecule has 0 aromatic carbocycles. The molecule has 0 amide bonds. The summed E-state index contributed by atoms with van der Waals surface area (Å²) < 4.78 is 16.9. The molecule has 0 aliphatic carbocycles. The number of carbonyl (C=O) groups is 1. The first-order valence-corrected chi connectivity index (χ1v) is 8.26. The number of nitrogens with one attached hydrogen (secondary N) is 1. The normalized spacial score (nSPS) is 13.6. The van der Waals surface area contributed by atoms with E-state index in [4.69, 9.17) is 0 Å². The molecule has 0 radical (unpaired) electrons. The Bertz CT molecular complexity index is 575. The summed E-state index contributed by atoms with van der Waals surface area (Å²) in [5, 5.41) is 6.94. The number of methoxy groups -OCH3 is 1. The molecular formula is C11H16BrN3O4S. The molecule has 0 aliphatic heterocycles. The van der Waals surface area contributed by atoms with Crippen molar-refractivity contribution in [1.82, 2.24) is 9.78 Å². The van der Waals surface area contributed by atoms with Crippen molar-refractivity contribution in [2.75, 3.05) is 24.4 Å². The number of ether oxygens (including phenoxy) is 1. The van der Waals surface area contributed by atoms with Gasteiger partial charge >= 0.3 is 5.97 Å². The molecule has 7 nitrogen and oxygen atoms in total. The Hall–Kier alpha value is -1.22. The molecule has 112 valence electrons. The van der Waals surface area contributed by atoms with Gasteiger partial charge in [0.2, 0.25) is 0 Å². The van der Waals surface area contributed by atoms with Gasteiger partial charge in [-0.2, -0.15) is 5.10 Å². The van der Waals surface area contributed by atoms with Gasteiger partial charge in [0.05, 0.1) is 19.0 Å². The average molecular weight is 366 g/mol. The van der Waals surface area contributed by atoms with Crippen molar-refractivity contribution in [3.8, 4) is 0 Å². The van der Waals surface area contributed by atoms with Gasteiger partial charge < -0.3 is 10.1 Å². The monoisotopic (exact) mass is 365 g/mol. The SMILES string of the molecule is COC(=O)Cn1ncc(NC(C)CS(C)=O)c(Br)c1=O. The lowest BCUT2D eigenvalue weighted by Crippen LogP contribution is -2.30. The fourth-order valence-electron chi connectivity index (χ4n) is 1.52. The molecule has 2 atom stereocenters. The first kappa shape index (κ1) is 16.8. The summed E-state index contributed by atoms with van der Waals surface area (Å²) >= 11 is 3.17. The maximum absolute atomic E-state index is 12.0. The molecule has 1 N–H and O–H groups in total. The number of hydrogen-bond acceptors (Lipinski definition) is 6. The third-order valence-corrected chi connectivity index (χ3v) is 4.11. The number of rotatable bonds is 6. The van der Waals surface area contributed by atoms with E-state index in [-0.39, 0.29) is 17.1 Å². The van der Waals surface area contributed by atoms with Crippen LogP contribution in [0.5, 0.6) is 0 Å². The molecule has 0 fully saturated rings. The molecule has 20 heavy (non-hydrogen) atoms. The molecule has 0 spiro atoms. The highest BCUT2D eigenvalue weighted by atomic mass is 79.9. The lowest BCUT2D eigenvalue weighted by Gasteiger charge is -2.15. The lowest BCUT2D eigenvalue weighted by atomic mass is 10.3. The van der Waals surface area contributed by atoms with E-state index in [0.717, 1.165) is 4.68 Å². The Labute approximate surface area is 127 Å². The molecule has 9 heteroatoms. The zero-order chi connectivity index (χ0) is 15.3. The summed E-state index contributed by atoms with van der Waals surface area (Å²) in [6.45, 7) is 1.61. The van der Waals surface area contributed by atoms with E-state index in [9.17, 15) is 13.8 Å². The maximum Gasteiger partial charge on any atom is 0.327 e. The third kappa shape index (κ3) is 4.71. The predicted octanol–water partition coefficient (Wildman–Crippen LogP) is 0.358. The molecule has 1 rings (SSSR count). The molecule has 0 saturated carbocycles. The fraction of sp³-hybridized carbons (Fsp3) is 0.545. The van der Waals surface area contributed by atoms with E-state index in [1.807, 2.05) is 6.92 Å². The Kier molecular flexibility index (Phi) is 6.34. The largest absolute Gasteiger partial charge is 0.468 e. The number of aromatic nitrogens is 2. The van der Waals surface area contributed by atoms with E-state index in [1.54, 1.807) is 6.26 Å². The van der Waals surface area contributed by atoms with E-state index in [2.05, 4.69) is 31.1 Å². The van der Waals surface area contributed by atoms with Crippen LogP contribution in [-0.4, -0.2) is 45.1 Å². The quantitative estimate of drug-likeness (QED) is 0.731. The number of carbonyl (C=O) groups excluding carboxylic acids is 1. The van der Waals surface area contributed by atoms with E-state index >= 15 is 0 Å². The summed E-state index contributed by atoms with van der Waals surface area (Å²) in [6.07, 6.45) is 3.04. The van der Waals surface area contributed by atoms with Crippen molar-refractivity contribution in [3.63, 3.8) is 0 Å². The van der Waals surface area contributed by atoms with E-state index in [0.29, 0.717) is 11.4 Å². The second kappa shape index (κ2) is 7.53. The molecule has 1 heterocycles. The summed E-state index contributed by atoms with van der Waals surface area (Å²) in [7, 11) is 0.303. The van der Waals surface area contributed by atoms with Gasteiger partial charge in [0.1, 0.15) is 11.0 Å². The van der Waals surface area contributed by atoms with Crippen molar-refractivity contribution in [2.24, 2.45) is 0 Å². The predicted molar refractivity (Wildman–Crippen MR) is 80.2 cm³/mol. The Morgan fingerprint density at radius 1 is 1.65 bits per heavy atom. The van der Waals surface area contributed by atoms with Crippen molar-refractivity contribution in [3.05, 3.63) is 21.0 Å². The van der Waals surface area contributed by atoms with Crippen LogP contribution < -0.4 is 10.9 Å². The third-order valence-electron chi connectivity index (χ3n) is 2.38. The van der Waals surface area contributed by atoms with Gasteiger partial charge in [-0.3, -0.25) is 13.8 Å². The second-order valence-corrected chi connectivity index (χ2v) is 6.47. The molecule has 0 bridgehead atoms. The molecule has 1 aromatic rings. The number of esters is 1. The van der Waals surface area contributed by atoms with Crippen LogP contribution in [-0.2, 0) is 26.9 Å². The average Bonchev–Trinajstić information content (AvgIpc) is 2.37. The Balaban J connectivity index is 2.91. The van der Waals surface area contributed by atoms with Gasteiger partial charge in [0.25, 0.3) is 5.56 Å². The molecule has 0 saturated heterocycles. The highest BCUT2D eigenvalue weighted by Gasteiger charge is 2.13. The topological polar surface area (TPSA) is 90.3 Å². The van der Waals surface area contributed by atoms with Gasteiger partial charge in [0, 0.05) is 28.9 Å². The van der Waals surface area contributed by atoms with Crippen LogP contribution in [0.2, 0.25) is 0 Å². The maximum atomic E-state index is 12.0. The van der Waals surface area contributed by atoms with Crippen molar-refractivity contribution in [2.45, 2.75) is 19.5 Å². The number of hydrogen-bond donors (Lipinski definition) is 1. The van der Waals surface area contributed by atoms with Gasteiger partial charge in [-0.1, -0.05) is 0 Å². The van der Waals surface area contributed by atoms with Crippen LogP contribution >= 0.6 is 15.9 Å². The van der Waals surface area contributed by atoms with Crippen LogP contribution in [0.1, 0.15) is 6.92 Å². The minimum Gasteiger partial charge on any atom is -0.468 e. The van der Waals surface area contributed by atoms with Crippen molar-refractivity contribution in [1.29, 1.82) is 0 Å². The van der Waals surface area contributed by atoms with Gasteiger partial charge in [-0.25, -0.2) is 4.68 Å². The van der Waals surface area contributed by atoms with Gasteiger partial charge in [-0.15, -0.1) is 0 Å². The van der Waals surface area contributed by atoms with Crippen LogP contribution in [0.4, 0.5) is 5.69 Å².